The van der Waals surface area contributed by atoms with E-state index in [1.165, 1.54) is 6.92 Å². The summed E-state index contributed by atoms with van der Waals surface area (Å²) in [6, 6.07) is 1.17. The topological polar surface area (TPSA) is 71.2 Å². The van der Waals surface area contributed by atoms with Crippen molar-refractivity contribution in [2.24, 2.45) is 10.2 Å². The lowest BCUT2D eigenvalue weighted by atomic mass is 10.3. The molecule has 5 nitrogen and oxygen atoms in total. The Kier molecular flexibility index (Phi) is 5.04. The van der Waals surface area contributed by atoms with Gasteiger partial charge >= 0.3 is 5.97 Å². The van der Waals surface area contributed by atoms with Gasteiger partial charge in [-0.15, -0.1) is 10.2 Å². The maximum atomic E-state index is 12.9. The van der Waals surface area contributed by atoms with Gasteiger partial charge in [0.15, 0.2) is 17.5 Å². The smallest absolute Gasteiger partial charge is 0.362 e. The van der Waals surface area contributed by atoms with Crippen molar-refractivity contribution in [1.29, 1.82) is 0 Å². The van der Waals surface area contributed by atoms with Crippen LogP contribution in [0.3, 0.4) is 0 Å². The summed E-state index contributed by atoms with van der Waals surface area (Å²) in [4.78, 5) is 11.2. The minimum atomic E-state index is -1.64. The minimum Gasteiger partial charge on any atom is -0.513 e. The highest BCUT2D eigenvalue weighted by molar-refractivity contribution is 5.87. The number of aliphatic hydroxyl groups excluding tert-OH is 1. The van der Waals surface area contributed by atoms with Gasteiger partial charge in [0, 0.05) is 12.1 Å². The summed E-state index contributed by atoms with van der Waals surface area (Å²) in [7, 11) is 0. The number of hydrogen-bond acceptors (Lipinski definition) is 5. The molecule has 0 saturated heterocycles. The predicted octanol–water partition coefficient (Wildman–Crippen LogP) is 3.15. The summed E-state index contributed by atoms with van der Waals surface area (Å²) in [6.45, 7) is 1.58. The molecule has 0 atom stereocenters. The number of esters is 1. The first-order valence-corrected chi connectivity index (χ1v) is 5.07. The number of carbonyl (C=O) groups is 1. The van der Waals surface area contributed by atoms with Crippen LogP contribution in [0.5, 0.6) is 0 Å². The molecule has 8 heteroatoms. The summed E-state index contributed by atoms with van der Waals surface area (Å²) in [5.74, 6) is -5.49. The van der Waals surface area contributed by atoms with Gasteiger partial charge in [0.2, 0.25) is 5.70 Å². The van der Waals surface area contributed by atoms with Gasteiger partial charge in [0.1, 0.15) is 6.26 Å². The molecule has 0 radical (unpaired) electrons. The number of carbonyl (C=O) groups excluding carboxylic acids is 1. The van der Waals surface area contributed by atoms with Crippen molar-refractivity contribution in [3.63, 3.8) is 0 Å². The van der Waals surface area contributed by atoms with Gasteiger partial charge in [-0.3, -0.25) is 0 Å². The van der Waals surface area contributed by atoms with E-state index in [9.17, 15) is 18.0 Å². The first kappa shape index (κ1) is 14.7. The van der Waals surface area contributed by atoms with Crippen LogP contribution in [0.25, 0.3) is 0 Å². The number of nitrogens with zero attached hydrogens (tertiary/aromatic N) is 2. The Morgan fingerprint density at radius 2 is 1.95 bits per heavy atom. The molecular weight excluding hydrogens is 265 g/mol. The molecule has 1 aromatic carbocycles. The molecule has 0 saturated carbocycles. The molecule has 0 aliphatic carbocycles. The molecule has 0 aliphatic rings. The van der Waals surface area contributed by atoms with Crippen molar-refractivity contribution < 1.29 is 27.8 Å². The first-order valence-electron chi connectivity index (χ1n) is 5.07. The number of halogens is 3. The fourth-order valence-corrected chi connectivity index (χ4v) is 1.04. The van der Waals surface area contributed by atoms with E-state index < -0.39 is 29.1 Å². The number of ether oxygens (including phenoxy) is 1. The molecule has 19 heavy (non-hydrogen) atoms. The molecule has 1 aromatic rings. The molecule has 102 valence electrons. The van der Waals surface area contributed by atoms with Gasteiger partial charge in [-0.05, 0) is 6.92 Å². The van der Waals surface area contributed by atoms with Crippen LogP contribution >= 0.6 is 0 Å². The zero-order chi connectivity index (χ0) is 14.4. The van der Waals surface area contributed by atoms with Gasteiger partial charge < -0.3 is 9.84 Å². The molecule has 0 aliphatic heterocycles. The highest BCUT2D eigenvalue weighted by Crippen LogP contribution is 2.20. The number of benzene rings is 1. The van der Waals surface area contributed by atoms with Gasteiger partial charge in [-0.1, -0.05) is 0 Å². The van der Waals surface area contributed by atoms with E-state index >= 15 is 0 Å². The lowest BCUT2D eigenvalue weighted by Crippen LogP contribution is -2.05. The monoisotopic (exact) mass is 274 g/mol. The first-order chi connectivity index (χ1) is 8.99. The zero-order valence-corrected chi connectivity index (χ0v) is 9.73. The molecule has 0 aromatic heterocycles. The van der Waals surface area contributed by atoms with Gasteiger partial charge in [-0.25, -0.2) is 18.0 Å². The Bertz CT molecular complexity index is 521. The summed E-state index contributed by atoms with van der Waals surface area (Å²) < 4.78 is 42.9. The minimum absolute atomic E-state index is 0.0471. The fraction of sp³-hybridized carbons (Fsp3) is 0.182. The molecule has 0 unspecified atom stereocenters. The summed E-state index contributed by atoms with van der Waals surface area (Å²) >= 11 is 0. The van der Waals surface area contributed by atoms with E-state index in [4.69, 9.17) is 5.11 Å². The molecule has 1 rings (SSSR count). The van der Waals surface area contributed by atoms with E-state index in [1.807, 2.05) is 0 Å². The van der Waals surface area contributed by atoms with Crippen molar-refractivity contribution in [1.82, 2.24) is 0 Å². The van der Waals surface area contributed by atoms with E-state index in [1.54, 1.807) is 0 Å². The Balaban J connectivity index is 2.95. The third-order valence-electron chi connectivity index (χ3n) is 1.85. The maximum absolute atomic E-state index is 12.9. The SMILES string of the molecule is CCOC(=O)C(=CO)N=Nc1cc(F)c(F)c(F)c1. The summed E-state index contributed by atoms with van der Waals surface area (Å²) in [5, 5.41) is 15.3. The van der Waals surface area contributed by atoms with Crippen molar-refractivity contribution >= 4 is 11.7 Å². The number of rotatable bonds is 4. The highest BCUT2D eigenvalue weighted by atomic mass is 19.2. The second kappa shape index (κ2) is 6.53. The molecule has 0 bridgehead atoms. The predicted molar refractivity (Wildman–Crippen MR) is 58.2 cm³/mol. The Labute approximate surface area is 106 Å². The van der Waals surface area contributed by atoms with Crippen LogP contribution in [0.1, 0.15) is 6.92 Å². The van der Waals surface area contributed by atoms with Crippen molar-refractivity contribution in [3.05, 3.63) is 41.5 Å². The number of aliphatic hydroxyl groups is 1. The molecule has 1 N–H and O–H groups in total. The second-order valence-corrected chi connectivity index (χ2v) is 3.16. The average molecular weight is 274 g/mol. The number of hydrogen-bond donors (Lipinski definition) is 1. The Hall–Kier alpha value is -2.38. The maximum Gasteiger partial charge on any atom is 0.362 e. The third-order valence-corrected chi connectivity index (χ3v) is 1.85. The van der Waals surface area contributed by atoms with Crippen LogP contribution in [-0.4, -0.2) is 17.7 Å². The van der Waals surface area contributed by atoms with Crippen LogP contribution < -0.4 is 0 Å². The van der Waals surface area contributed by atoms with Crippen LogP contribution in [0.4, 0.5) is 18.9 Å². The standard InChI is InChI=1S/C11H9F3N2O3/c1-2-19-11(18)9(5-17)16-15-6-3-7(12)10(14)8(13)4-6/h3-5,17H,2H2,1H3. The second-order valence-electron chi connectivity index (χ2n) is 3.16. The van der Waals surface area contributed by atoms with E-state index in [2.05, 4.69) is 15.0 Å². The third kappa shape index (κ3) is 3.80. The van der Waals surface area contributed by atoms with Crippen LogP contribution in [0, 0.1) is 17.5 Å². The van der Waals surface area contributed by atoms with Crippen molar-refractivity contribution in [3.8, 4) is 0 Å². The Morgan fingerprint density at radius 3 is 2.42 bits per heavy atom. The quantitative estimate of drug-likeness (QED) is 0.301. The van der Waals surface area contributed by atoms with Crippen molar-refractivity contribution in [2.45, 2.75) is 6.92 Å². The molecule has 0 heterocycles. The summed E-state index contributed by atoms with van der Waals surface area (Å²) in [5.41, 5.74) is -0.924. The van der Waals surface area contributed by atoms with Crippen LogP contribution in [0.2, 0.25) is 0 Å². The zero-order valence-electron chi connectivity index (χ0n) is 9.73. The van der Waals surface area contributed by atoms with E-state index in [0.717, 1.165) is 0 Å². The van der Waals surface area contributed by atoms with E-state index in [-0.39, 0.29) is 12.3 Å². The molecule has 0 amide bonds. The lowest BCUT2D eigenvalue weighted by Gasteiger charge is -2.00. The largest absolute Gasteiger partial charge is 0.513 e. The lowest BCUT2D eigenvalue weighted by molar-refractivity contribution is -0.138. The molecular formula is C11H9F3N2O3. The van der Waals surface area contributed by atoms with E-state index in [0.29, 0.717) is 18.4 Å². The molecule has 0 spiro atoms. The number of azo groups is 1. The van der Waals surface area contributed by atoms with Gasteiger partial charge in [0.25, 0.3) is 0 Å². The van der Waals surface area contributed by atoms with Crippen LogP contribution in [-0.2, 0) is 9.53 Å². The Morgan fingerprint density at radius 1 is 1.37 bits per heavy atom. The highest BCUT2D eigenvalue weighted by Gasteiger charge is 2.12. The van der Waals surface area contributed by atoms with Crippen LogP contribution in [0.15, 0.2) is 34.3 Å². The average Bonchev–Trinajstić information content (AvgIpc) is 2.37. The normalized spacial score (nSPS) is 11.9. The van der Waals surface area contributed by atoms with Crippen molar-refractivity contribution in [2.75, 3.05) is 6.61 Å². The summed E-state index contributed by atoms with van der Waals surface area (Å²) in [6.07, 6.45) is 0.331. The van der Waals surface area contributed by atoms with Gasteiger partial charge in [0.05, 0.1) is 12.3 Å². The fourth-order valence-electron chi connectivity index (χ4n) is 1.04. The molecule has 0 fully saturated rings. The van der Waals surface area contributed by atoms with Gasteiger partial charge in [-0.2, -0.15) is 0 Å².